The van der Waals surface area contributed by atoms with Crippen LogP contribution in [-0.4, -0.2) is 41.0 Å². The van der Waals surface area contributed by atoms with E-state index in [9.17, 15) is 9.90 Å². The molecule has 5 heteroatoms. The summed E-state index contributed by atoms with van der Waals surface area (Å²) in [4.78, 5) is 11.4. The number of nitrogens with two attached hydrogens (primary N) is 1. The zero-order valence-corrected chi connectivity index (χ0v) is 9.40. The first kappa shape index (κ1) is 14.3. The lowest BCUT2D eigenvalue weighted by Crippen LogP contribution is -2.60. The molecule has 0 aromatic heterocycles. The third-order valence-corrected chi connectivity index (χ3v) is 2.34. The SMILES string of the molecule is CCCC[C@@H](O)[C@](N)(CO)C(=O)OCC. The Balaban J connectivity index is 4.45. The third-order valence-electron chi connectivity index (χ3n) is 2.34. The van der Waals surface area contributed by atoms with Crippen molar-refractivity contribution in [2.75, 3.05) is 13.2 Å². The predicted octanol–water partition coefficient (Wildman–Crippen LogP) is -0.210. The molecule has 5 nitrogen and oxygen atoms in total. The molecule has 0 radical (unpaired) electrons. The number of aliphatic hydroxyl groups excluding tert-OH is 2. The molecule has 0 rings (SSSR count). The smallest absolute Gasteiger partial charge is 0.331 e. The van der Waals surface area contributed by atoms with Crippen LogP contribution in [0.5, 0.6) is 0 Å². The van der Waals surface area contributed by atoms with Crippen molar-refractivity contribution in [3.8, 4) is 0 Å². The highest BCUT2D eigenvalue weighted by Crippen LogP contribution is 2.15. The van der Waals surface area contributed by atoms with Gasteiger partial charge in [-0.3, -0.25) is 0 Å². The van der Waals surface area contributed by atoms with E-state index in [0.29, 0.717) is 6.42 Å². The molecule has 0 aromatic rings. The molecule has 0 heterocycles. The number of rotatable bonds is 7. The van der Waals surface area contributed by atoms with Crippen LogP contribution in [-0.2, 0) is 9.53 Å². The minimum absolute atomic E-state index is 0.179. The van der Waals surface area contributed by atoms with E-state index in [4.69, 9.17) is 15.6 Å². The summed E-state index contributed by atoms with van der Waals surface area (Å²) < 4.78 is 4.72. The third kappa shape index (κ3) is 3.77. The van der Waals surface area contributed by atoms with Gasteiger partial charge in [-0.2, -0.15) is 0 Å². The maximum atomic E-state index is 11.4. The Hall–Kier alpha value is -0.650. The van der Waals surface area contributed by atoms with Crippen molar-refractivity contribution in [3.05, 3.63) is 0 Å². The zero-order valence-electron chi connectivity index (χ0n) is 9.40. The van der Waals surface area contributed by atoms with E-state index in [1.165, 1.54) is 0 Å². The minimum atomic E-state index is -1.69. The minimum Gasteiger partial charge on any atom is -0.464 e. The maximum absolute atomic E-state index is 11.4. The summed E-state index contributed by atoms with van der Waals surface area (Å²) in [5, 5.41) is 18.8. The molecule has 0 aromatic carbocycles. The van der Waals surface area contributed by atoms with Crippen molar-refractivity contribution in [3.63, 3.8) is 0 Å². The Bertz CT molecular complexity index is 198. The lowest BCUT2D eigenvalue weighted by atomic mass is 9.91. The molecule has 0 amide bonds. The number of hydrogen-bond donors (Lipinski definition) is 3. The van der Waals surface area contributed by atoms with E-state index in [-0.39, 0.29) is 6.61 Å². The van der Waals surface area contributed by atoms with Crippen molar-refractivity contribution in [2.24, 2.45) is 5.73 Å². The summed E-state index contributed by atoms with van der Waals surface area (Å²) in [6.07, 6.45) is 0.953. The summed E-state index contributed by atoms with van der Waals surface area (Å²) in [7, 11) is 0. The summed E-state index contributed by atoms with van der Waals surface area (Å²) in [6.45, 7) is 3.18. The molecule has 0 spiro atoms. The Morgan fingerprint density at radius 2 is 2.13 bits per heavy atom. The first-order valence-corrected chi connectivity index (χ1v) is 5.27. The second-order valence-corrected chi connectivity index (χ2v) is 3.58. The van der Waals surface area contributed by atoms with E-state index in [0.717, 1.165) is 12.8 Å². The molecule has 15 heavy (non-hydrogen) atoms. The highest BCUT2D eigenvalue weighted by atomic mass is 16.5. The van der Waals surface area contributed by atoms with Crippen molar-refractivity contribution in [1.82, 2.24) is 0 Å². The molecule has 0 aliphatic rings. The van der Waals surface area contributed by atoms with E-state index in [1.807, 2.05) is 6.92 Å². The summed E-state index contributed by atoms with van der Waals surface area (Å²) in [6, 6.07) is 0. The Morgan fingerprint density at radius 3 is 2.53 bits per heavy atom. The Kier molecular flexibility index (Phi) is 6.47. The number of carbonyl (C=O) groups is 1. The predicted molar refractivity (Wildman–Crippen MR) is 56.2 cm³/mol. The van der Waals surface area contributed by atoms with Gasteiger partial charge in [-0.25, -0.2) is 4.79 Å². The van der Waals surface area contributed by atoms with Gasteiger partial charge < -0.3 is 20.7 Å². The Morgan fingerprint density at radius 1 is 1.53 bits per heavy atom. The summed E-state index contributed by atoms with van der Waals surface area (Å²) in [5.41, 5.74) is 3.95. The molecule has 0 fully saturated rings. The van der Waals surface area contributed by atoms with Gasteiger partial charge in [0.25, 0.3) is 0 Å². The van der Waals surface area contributed by atoms with Crippen LogP contribution in [0.1, 0.15) is 33.1 Å². The van der Waals surface area contributed by atoms with Gasteiger partial charge in [-0.15, -0.1) is 0 Å². The van der Waals surface area contributed by atoms with Gasteiger partial charge in [-0.1, -0.05) is 19.8 Å². The van der Waals surface area contributed by atoms with Crippen LogP contribution in [0.15, 0.2) is 0 Å². The largest absolute Gasteiger partial charge is 0.464 e. The molecule has 90 valence electrons. The second-order valence-electron chi connectivity index (χ2n) is 3.58. The molecule has 0 unspecified atom stereocenters. The lowest BCUT2D eigenvalue weighted by Gasteiger charge is -2.29. The highest BCUT2D eigenvalue weighted by Gasteiger charge is 2.42. The van der Waals surface area contributed by atoms with Gasteiger partial charge in [0.2, 0.25) is 0 Å². The van der Waals surface area contributed by atoms with Crippen molar-refractivity contribution in [2.45, 2.75) is 44.8 Å². The molecule has 4 N–H and O–H groups in total. The second kappa shape index (κ2) is 6.76. The first-order chi connectivity index (χ1) is 7.02. The Labute approximate surface area is 90.2 Å². The topological polar surface area (TPSA) is 92.8 Å². The normalized spacial score (nSPS) is 16.9. The molecule has 0 aliphatic carbocycles. The first-order valence-electron chi connectivity index (χ1n) is 5.27. The van der Waals surface area contributed by atoms with Crippen LogP contribution in [0, 0.1) is 0 Å². The van der Waals surface area contributed by atoms with Crippen LogP contribution in [0.3, 0.4) is 0 Å². The molecular weight excluding hydrogens is 198 g/mol. The van der Waals surface area contributed by atoms with Gasteiger partial charge in [-0.05, 0) is 13.3 Å². The van der Waals surface area contributed by atoms with Crippen LogP contribution >= 0.6 is 0 Å². The van der Waals surface area contributed by atoms with E-state index < -0.39 is 24.2 Å². The number of carbonyl (C=O) groups excluding carboxylic acids is 1. The van der Waals surface area contributed by atoms with Gasteiger partial charge in [0.15, 0.2) is 5.54 Å². The number of unbranched alkanes of at least 4 members (excludes halogenated alkanes) is 1. The zero-order chi connectivity index (χ0) is 11.9. The van der Waals surface area contributed by atoms with Crippen LogP contribution in [0.2, 0.25) is 0 Å². The van der Waals surface area contributed by atoms with Crippen molar-refractivity contribution in [1.29, 1.82) is 0 Å². The lowest BCUT2D eigenvalue weighted by molar-refractivity contribution is -0.157. The van der Waals surface area contributed by atoms with Gasteiger partial charge in [0.05, 0.1) is 19.3 Å². The summed E-state index contributed by atoms with van der Waals surface area (Å²) >= 11 is 0. The summed E-state index contributed by atoms with van der Waals surface area (Å²) in [5.74, 6) is -0.754. The standard InChI is InChI=1S/C10H21NO4/c1-3-5-6-8(13)10(11,7-12)9(14)15-4-2/h8,12-13H,3-7,11H2,1-2H3/t8-,10-/m1/s1. The maximum Gasteiger partial charge on any atom is 0.331 e. The highest BCUT2D eigenvalue weighted by molar-refractivity contribution is 5.81. The molecule has 0 bridgehead atoms. The fourth-order valence-corrected chi connectivity index (χ4v) is 1.23. The molecule has 0 aliphatic heterocycles. The van der Waals surface area contributed by atoms with Crippen molar-refractivity contribution >= 4 is 5.97 Å². The van der Waals surface area contributed by atoms with Crippen LogP contribution < -0.4 is 5.73 Å². The van der Waals surface area contributed by atoms with Gasteiger partial charge in [0.1, 0.15) is 0 Å². The average Bonchev–Trinajstić information content (AvgIpc) is 2.24. The monoisotopic (exact) mass is 219 g/mol. The fraction of sp³-hybridized carbons (Fsp3) is 0.900. The number of hydrogen-bond acceptors (Lipinski definition) is 5. The van der Waals surface area contributed by atoms with Crippen molar-refractivity contribution < 1.29 is 19.7 Å². The van der Waals surface area contributed by atoms with E-state index >= 15 is 0 Å². The number of esters is 1. The van der Waals surface area contributed by atoms with E-state index in [1.54, 1.807) is 6.92 Å². The molecule has 0 saturated carbocycles. The quantitative estimate of drug-likeness (QED) is 0.515. The number of ether oxygens (including phenoxy) is 1. The molecule has 0 saturated heterocycles. The molecule has 2 atom stereocenters. The fourth-order valence-electron chi connectivity index (χ4n) is 1.23. The van der Waals surface area contributed by atoms with Gasteiger partial charge in [0, 0.05) is 0 Å². The van der Waals surface area contributed by atoms with Crippen LogP contribution in [0.4, 0.5) is 0 Å². The van der Waals surface area contributed by atoms with Crippen LogP contribution in [0.25, 0.3) is 0 Å². The average molecular weight is 219 g/mol. The number of aliphatic hydroxyl groups is 2. The van der Waals surface area contributed by atoms with Gasteiger partial charge >= 0.3 is 5.97 Å². The molecular formula is C10H21NO4. The van der Waals surface area contributed by atoms with E-state index in [2.05, 4.69) is 0 Å².